The van der Waals surface area contributed by atoms with E-state index in [-0.39, 0.29) is 11.9 Å². The van der Waals surface area contributed by atoms with Crippen LogP contribution in [0.4, 0.5) is 21.8 Å². The van der Waals surface area contributed by atoms with E-state index in [1.165, 1.54) is 12.1 Å². The molecule has 5 nitrogen and oxygen atoms in total. The van der Waals surface area contributed by atoms with Gasteiger partial charge in [-0.1, -0.05) is 12.1 Å². The Morgan fingerprint density at radius 3 is 2.37 bits per heavy atom. The van der Waals surface area contributed by atoms with Gasteiger partial charge in [-0.2, -0.15) is 4.98 Å². The van der Waals surface area contributed by atoms with E-state index < -0.39 is 0 Å². The lowest BCUT2D eigenvalue weighted by molar-refractivity contribution is 0.242. The molecule has 0 amide bonds. The average Bonchev–Trinajstić information content (AvgIpc) is 2.62. The summed E-state index contributed by atoms with van der Waals surface area (Å²) in [6, 6.07) is 15.9. The summed E-state index contributed by atoms with van der Waals surface area (Å²) < 4.78 is 18.6. The molecule has 0 aliphatic rings. The van der Waals surface area contributed by atoms with Crippen LogP contribution in [0.25, 0.3) is 0 Å². The summed E-state index contributed by atoms with van der Waals surface area (Å²) in [4.78, 5) is 8.92. The number of aryl methyl sites for hydroxylation is 1. The fraction of sp³-hybridized carbons (Fsp3) is 0.238. The Labute approximate surface area is 158 Å². The fourth-order valence-corrected chi connectivity index (χ4v) is 2.53. The third kappa shape index (κ3) is 5.67. The Hall–Kier alpha value is -3.15. The Bertz CT molecular complexity index is 880. The van der Waals surface area contributed by atoms with Crippen LogP contribution in [-0.2, 0) is 6.54 Å². The minimum Gasteiger partial charge on any atom is -0.491 e. The van der Waals surface area contributed by atoms with Crippen molar-refractivity contribution in [2.75, 3.05) is 10.6 Å². The molecule has 0 aliphatic heterocycles. The summed E-state index contributed by atoms with van der Waals surface area (Å²) in [5.74, 6) is 1.79. The van der Waals surface area contributed by atoms with Gasteiger partial charge in [0.05, 0.1) is 6.10 Å². The summed E-state index contributed by atoms with van der Waals surface area (Å²) in [5, 5.41) is 6.45. The quantitative estimate of drug-likeness (QED) is 0.611. The maximum absolute atomic E-state index is 13.0. The third-order valence-electron chi connectivity index (χ3n) is 3.72. The first kappa shape index (κ1) is 18.6. The predicted octanol–water partition coefficient (Wildman–Crippen LogP) is 5.07. The van der Waals surface area contributed by atoms with E-state index in [2.05, 4.69) is 20.6 Å². The Balaban J connectivity index is 1.66. The van der Waals surface area contributed by atoms with Crippen LogP contribution in [0.2, 0.25) is 0 Å². The van der Waals surface area contributed by atoms with Crippen LogP contribution in [0.15, 0.2) is 54.6 Å². The Morgan fingerprint density at radius 2 is 1.70 bits per heavy atom. The van der Waals surface area contributed by atoms with Crippen molar-refractivity contribution in [2.45, 2.75) is 33.4 Å². The number of aromatic nitrogens is 2. The first-order chi connectivity index (χ1) is 13.0. The van der Waals surface area contributed by atoms with Gasteiger partial charge < -0.3 is 15.4 Å². The standard InChI is InChI=1S/C21H23FN4O/c1-14(2)27-19-10-8-18(9-11-19)25-21-24-15(3)12-20(26-21)23-13-16-4-6-17(22)7-5-16/h4-12,14H,13H2,1-3H3,(H2,23,24,25,26). The number of anilines is 3. The van der Waals surface area contributed by atoms with Crippen LogP contribution >= 0.6 is 0 Å². The number of hydrogen-bond acceptors (Lipinski definition) is 5. The number of benzene rings is 2. The van der Waals surface area contributed by atoms with Crippen molar-refractivity contribution < 1.29 is 9.13 Å². The van der Waals surface area contributed by atoms with Crippen LogP contribution in [0.5, 0.6) is 5.75 Å². The summed E-state index contributed by atoms with van der Waals surface area (Å²) in [6.07, 6.45) is 0.138. The molecule has 0 aliphatic carbocycles. The van der Waals surface area contributed by atoms with E-state index in [4.69, 9.17) is 4.74 Å². The number of ether oxygens (including phenoxy) is 1. The molecule has 0 atom stereocenters. The molecule has 1 heterocycles. The normalized spacial score (nSPS) is 10.7. The van der Waals surface area contributed by atoms with Crippen molar-refractivity contribution in [3.05, 3.63) is 71.7 Å². The zero-order chi connectivity index (χ0) is 19.2. The van der Waals surface area contributed by atoms with Gasteiger partial charge >= 0.3 is 0 Å². The zero-order valence-corrected chi connectivity index (χ0v) is 15.7. The number of nitrogens with zero attached hydrogens (tertiary/aromatic N) is 2. The van der Waals surface area contributed by atoms with E-state index in [0.29, 0.717) is 18.3 Å². The van der Waals surface area contributed by atoms with Gasteiger partial charge in [-0.15, -0.1) is 0 Å². The van der Waals surface area contributed by atoms with Gasteiger partial charge in [-0.05, 0) is 62.7 Å². The van der Waals surface area contributed by atoms with Crippen LogP contribution in [0, 0.1) is 12.7 Å². The molecule has 27 heavy (non-hydrogen) atoms. The van der Waals surface area contributed by atoms with Crippen LogP contribution in [0.1, 0.15) is 25.1 Å². The highest BCUT2D eigenvalue weighted by Crippen LogP contribution is 2.20. The van der Waals surface area contributed by atoms with Crippen molar-refractivity contribution in [3.8, 4) is 5.75 Å². The second-order valence-corrected chi connectivity index (χ2v) is 6.51. The van der Waals surface area contributed by atoms with Crippen LogP contribution in [0.3, 0.4) is 0 Å². The molecule has 6 heteroatoms. The molecule has 0 bridgehead atoms. The highest BCUT2D eigenvalue weighted by Gasteiger charge is 2.04. The monoisotopic (exact) mass is 366 g/mol. The molecule has 0 saturated heterocycles. The Kier molecular flexibility index (Phi) is 5.86. The van der Waals surface area contributed by atoms with E-state index in [1.807, 2.05) is 51.1 Å². The molecule has 0 saturated carbocycles. The Morgan fingerprint density at radius 1 is 1.00 bits per heavy atom. The molecule has 3 rings (SSSR count). The maximum atomic E-state index is 13.0. The minimum absolute atomic E-state index is 0.138. The third-order valence-corrected chi connectivity index (χ3v) is 3.72. The first-order valence-electron chi connectivity index (χ1n) is 8.86. The summed E-state index contributed by atoms with van der Waals surface area (Å²) in [7, 11) is 0. The summed E-state index contributed by atoms with van der Waals surface area (Å²) in [5.41, 5.74) is 2.69. The number of nitrogens with one attached hydrogen (secondary N) is 2. The van der Waals surface area contributed by atoms with E-state index >= 15 is 0 Å². The molecular weight excluding hydrogens is 343 g/mol. The molecule has 2 N–H and O–H groups in total. The van der Waals surface area contributed by atoms with Crippen LogP contribution in [-0.4, -0.2) is 16.1 Å². The van der Waals surface area contributed by atoms with Crippen molar-refractivity contribution in [1.82, 2.24) is 9.97 Å². The van der Waals surface area contributed by atoms with Gasteiger partial charge in [0.25, 0.3) is 0 Å². The van der Waals surface area contributed by atoms with Crippen LogP contribution < -0.4 is 15.4 Å². The molecule has 0 unspecified atom stereocenters. The highest BCUT2D eigenvalue weighted by molar-refractivity contribution is 5.56. The first-order valence-corrected chi connectivity index (χ1v) is 8.86. The molecule has 0 radical (unpaired) electrons. The second kappa shape index (κ2) is 8.49. The van der Waals surface area contributed by atoms with Crippen molar-refractivity contribution in [2.24, 2.45) is 0 Å². The fourth-order valence-electron chi connectivity index (χ4n) is 2.53. The van der Waals surface area contributed by atoms with E-state index in [9.17, 15) is 4.39 Å². The van der Waals surface area contributed by atoms with Crippen molar-refractivity contribution >= 4 is 17.5 Å². The van der Waals surface area contributed by atoms with Gasteiger partial charge in [0.1, 0.15) is 17.4 Å². The number of halogens is 1. The summed E-state index contributed by atoms with van der Waals surface area (Å²) >= 11 is 0. The van der Waals surface area contributed by atoms with Gasteiger partial charge in [0, 0.05) is 24.0 Å². The molecule has 140 valence electrons. The topological polar surface area (TPSA) is 59.1 Å². The average molecular weight is 366 g/mol. The lowest BCUT2D eigenvalue weighted by Gasteiger charge is -2.12. The number of hydrogen-bond donors (Lipinski definition) is 2. The number of rotatable bonds is 7. The lowest BCUT2D eigenvalue weighted by Crippen LogP contribution is -2.06. The molecular formula is C21H23FN4O. The van der Waals surface area contributed by atoms with Crippen molar-refractivity contribution in [3.63, 3.8) is 0 Å². The lowest BCUT2D eigenvalue weighted by atomic mass is 10.2. The molecule has 0 spiro atoms. The van der Waals surface area contributed by atoms with Gasteiger partial charge in [0.15, 0.2) is 0 Å². The largest absolute Gasteiger partial charge is 0.491 e. The second-order valence-electron chi connectivity index (χ2n) is 6.51. The molecule has 3 aromatic rings. The summed E-state index contributed by atoms with van der Waals surface area (Å²) in [6.45, 7) is 6.45. The van der Waals surface area contributed by atoms with Gasteiger partial charge in [-0.3, -0.25) is 0 Å². The van der Waals surface area contributed by atoms with E-state index in [1.54, 1.807) is 12.1 Å². The van der Waals surface area contributed by atoms with Gasteiger partial charge in [-0.25, -0.2) is 9.37 Å². The van der Waals surface area contributed by atoms with Crippen molar-refractivity contribution in [1.29, 1.82) is 0 Å². The minimum atomic E-state index is -0.243. The maximum Gasteiger partial charge on any atom is 0.229 e. The zero-order valence-electron chi connectivity index (χ0n) is 15.7. The SMILES string of the molecule is Cc1cc(NCc2ccc(F)cc2)nc(Nc2ccc(OC(C)C)cc2)n1. The smallest absolute Gasteiger partial charge is 0.229 e. The predicted molar refractivity (Wildman–Crippen MR) is 106 cm³/mol. The van der Waals surface area contributed by atoms with Gasteiger partial charge in [0.2, 0.25) is 5.95 Å². The highest BCUT2D eigenvalue weighted by atomic mass is 19.1. The van der Waals surface area contributed by atoms with E-state index in [0.717, 1.165) is 22.7 Å². The molecule has 1 aromatic heterocycles. The molecule has 0 fully saturated rings. The molecule has 2 aromatic carbocycles.